The lowest BCUT2D eigenvalue weighted by atomic mass is 10.3. The number of carbonyl (C=O) groups excluding carboxylic acids is 1. The maximum Gasteiger partial charge on any atom is 0.410 e. The van der Waals surface area contributed by atoms with E-state index >= 15 is 0 Å². The van der Waals surface area contributed by atoms with Crippen LogP contribution in [0.15, 0.2) is 17.4 Å². The molecule has 0 aromatic rings. The van der Waals surface area contributed by atoms with Crippen LogP contribution in [-0.4, -0.2) is 61.7 Å². The second-order valence-corrected chi connectivity index (χ2v) is 4.46. The van der Waals surface area contributed by atoms with Crippen LogP contribution in [-0.2, 0) is 9.47 Å². The molecule has 0 aromatic carbocycles. The van der Waals surface area contributed by atoms with Crippen molar-refractivity contribution >= 4 is 12.8 Å². The Kier molecular flexibility index (Phi) is 5.15. The van der Waals surface area contributed by atoms with Gasteiger partial charge in [-0.3, -0.25) is 9.91 Å². The first-order valence-corrected chi connectivity index (χ1v) is 5.88. The minimum Gasteiger partial charge on any atom is -0.447 e. The number of carbonyl (C=O) groups is 1. The molecule has 1 rings (SSSR count). The zero-order valence-electron chi connectivity index (χ0n) is 11.3. The molecule has 0 N–H and O–H groups in total. The lowest BCUT2D eigenvalue weighted by molar-refractivity contribution is 0.0435. The Balaban J connectivity index is 2.77. The Labute approximate surface area is 108 Å². The van der Waals surface area contributed by atoms with E-state index in [1.54, 1.807) is 17.0 Å². The normalized spacial score (nSPS) is 20.9. The molecule has 0 spiro atoms. The van der Waals surface area contributed by atoms with Gasteiger partial charge in [-0.05, 0) is 13.8 Å². The molecular weight excluding hydrogens is 234 g/mol. The molecular formula is C12H21N3O3. The highest BCUT2D eigenvalue weighted by Crippen LogP contribution is 2.15. The van der Waals surface area contributed by atoms with Crippen molar-refractivity contribution in [2.45, 2.75) is 26.1 Å². The molecule has 0 aromatic heterocycles. The van der Waals surface area contributed by atoms with Crippen LogP contribution in [0.3, 0.4) is 0 Å². The van der Waals surface area contributed by atoms with Gasteiger partial charge in [-0.15, -0.1) is 0 Å². The number of rotatable bonds is 3. The topological polar surface area (TPSA) is 54.4 Å². The van der Waals surface area contributed by atoms with E-state index in [0.717, 1.165) is 0 Å². The van der Waals surface area contributed by atoms with Gasteiger partial charge in [0.25, 0.3) is 0 Å². The van der Waals surface area contributed by atoms with Crippen LogP contribution in [0.1, 0.15) is 13.8 Å². The van der Waals surface area contributed by atoms with Crippen LogP contribution in [0.4, 0.5) is 4.79 Å². The first-order chi connectivity index (χ1) is 8.47. The lowest BCUT2D eigenvalue weighted by Gasteiger charge is -2.23. The minimum absolute atomic E-state index is 0.144. The number of amides is 1. The zero-order valence-corrected chi connectivity index (χ0v) is 11.3. The third-order valence-electron chi connectivity index (χ3n) is 2.64. The van der Waals surface area contributed by atoms with Gasteiger partial charge in [0.2, 0.25) is 0 Å². The number of nitrogens with zero attached hydrogens (tertiary/aromatic N) is 3. The molecule has 1 aliphatic heterocycles. The van der Waals surface area contributed by atoms with Crippen molar-refractivity contribution in [1.29, 1.82) is 0 Å². The second kappa shape index (κ2) is 6.39. The molecule has 102 valence electrons. The van der Waals surface area contributed by atoms with Crippen molar-refractivity contribution in [3.05, 3.63) is 12.3 Å². The van der Waals surface area contributed by atoms with Gasteiger partial charge >= 0.3 is 6.09 Å². The van der Waals surface area contributed by atoms with Gasteiger partial charge in [0, 0.05) is 19.5 Å². The summed E-state index contributed by atoms with van der Waals surface area (Å²) in [7, 11) is 1.60. The molecule has 1 aliphatic rings. The van der Waals surface area contributed by atoms with Crippen molar-refractivity contribution in [2.75, 3.05) is 26.7 Å². The first-order valence-electron chi connectivity index (χ1n) is 5.88. The molecule has 0 aliphatic carbocycles. The number of hydrazone groups is 1. The van der Waals surface area contributed by atoms with Gasteiger partial charge in [-0.2, -0.15) is 5.10 Å². The molecule has 0 saturated carbocycles. The van der Waals surface area contributed by atoms with Crippen molar-refractivity contribution in [3.63, 3.8) is 0 Å². The molecule has 1 amide bonds. The van der Waals surface area contributed by atoms with E-state index in [1.165, 1.54) is 0 Å². The Morgan fingerprint density at radius 2 is 2.17 bits per heavy atom. The number of ether oxygens (including phenoxy) is 2. The third kappa shape index (κ3) is 3.73. The summed E-state index contributed by atoms with van der Waals surface area (Å²) < 4.78 is 10.5. The van der Waals surface area contributed by atoms with E-state index in [2.05, 4.69) is 18.4 Å². The summed E-state index contributed by atoms with van der Waals surface area (Å²) in [6.07, 6.45) is -0.655. The van der Waals surface area contributed by atoms with Crippen LogP contribution in [0.2, 0.25) is 0 Å². The largest absolute Gasteiger partial charge is 0.447 e. The van der Waals surface area contributed by atoms with Gasteiger partial charge in [0.05, 0.1) is 31.8 Å². The SMILES string of the molecule is C=NN1CC(OC)CN(C(=O)OC(C)C)CC1=C. The average molecular weight is 255 g/mol. The predicted octanol–water partition coefficient (Wildman–Crippen LogP) is 1.29. The van der Waals surface area contributed by atoms with Crippen LogP contribution in [0.25, 0.3) is 0 Å². The fraction of sp³-hybridized carbons (Fsp3) is 0.667. The van der Waals surface area contributed by atoms with Gasteiger partial charge in [-0.1, -0.05) is 6.58 Å². The summed E-state index contributed by atoms with van der Waals surface area (Å²) in [4.78, 5) is 13.5. The monoisotopic (exact) mass is 255 g/mol. The minimum atomic E-state index is -0.362. The highest BCUT2D eigenvalue weighted by Gasteiger charge is 2.28. The van der Waals surface area contributed by atoms with Crippen molar-refractivity contribution < 1.29 is 14.3 Å². The quantitative estimate of drug-likeness (QED) is 0.713. The summed E-state index contributed by atoms with van der Waals surface area (Å²) in [5.41, 5.74) is 0.699. The smallest absolute Gasteiger partial charge is 0.410 e. The van der Waals surface area contributed by atoms with Gasteiger partial charge in [0.1, 0.15) is 0 Å². The van der Waals surface area contributed by atoms with Crippen LogP contribution in [0.5, 0.6) is 0 Å². The molecule has 1 saturated heterocycles. The summed E-state index contributed by atoms with van der Waals surface area (Å²) in [5, 5.41) is 5.52. The summed E-state index contributed by atoms with van der Waals surface area (Å²) >= 11 is 0. The third-order valence-corrected chi connectivity index (χ3v) is 2.64. The van der Waals surface area contributed by atoms with E-state index in [4.69, 9.17) is 9.47 Å². The maximum atomic E-state index is 11.9. The Bertz CT molecular complexity index is 331. The molecule has 6 nitrogen and oxygen atoms in total. The van der Waals surface area contributed by atoms with E-state index in [0.29, 0.717) is 25.3 Å². The van der Waals surface area contributed by atoms with E-state index in [1.807, 2.05) is 13.8 Å². The van der Waals surface area contributed by atoms with Crippen LogP contribution >= 0.6 is 0 Å². The zero-order chi connectivity index (χ0) is 13.7. The highest BCUT2D eigenvalue weighted by molar-refractivity contribution is 5.68. The van der Waals surface area contributed by atoms with Gasteiger partial charge in [-0.25, -0.2) is 4.79 Å². The van der Waals surface area contributed by atoms with Gasteiger partial charge in [0.15, 0.2) is 0 Å². The molecule has 1 unspecified atom stereocenters. The standard InChI is InChI=1S/C12H21N3O3/c1-9(2)18-12(16)14-6-10(3)15(13-4)8-11(7-14)17-5/h9,11H,3-4,6-8H2,1-2,5H3. The van der Waals surface area contributed by atoms with Crippen molar-refractivity contribution in [1.82, 2.24) is 9.91 Å². The van der Waals surface area contributed by atoms with E-state index < -0.39 is 0 Å². The number of methoxy groups -OCH3 is 1. The Morgan fingerprint density at radius 3 is 2.67 bits per heavy atom. The molecule has 18 heavy (non-hydrogen) atoms. The first kappa shape index (κ1) is 14.5. The summed E-state index contributed by atoms with van der Waals surface area (Å²) in [6.45, 7) is 12.4. The number of hydrogen-bond acceptors (Lipinski definition) is 5. The van der Waals surface area contributed by atoms with Crippen molar-refractivity contribution in [3.8, 4) is 0 Å². The highest BCUT2D eigenvalue weighted by atomic mass is 16.6. The van der Waals surface area contributed by atoms with E-state index in [9.17, 15) is 4.79 Å². The summed E-state index contributed by atoms with van der Waals surface area (Å²) in [5.74, 6) is 0. The lowest BCUT2D eigenvalue weighted by Crippen LogP contribution is -2.39. The average Bonchev–Trinajstić information content (AvgIpc) is 2.47. The molecule has 6 heteroatoms. The maximum absolute atomic E-state index is 11.9. The van der Waals surface area contributed by atoms with Crippen molar-refractivity contribution in [2.24, 2.45) is 5.10 Å². The second-order valence-electron chi connectivity index (χ2n) is 4.46. The van der Waals surface area contributed by atoms with Crippen LogP contribution < -0.4 is 0 Å². The molecule has 1 heterocycles. The number of hydrogen-bond donors (Lipinski definition) is 0. The fourth-order valence-electron chi connectivity index (χ4n) is 1.71. The summed E-state index contributed by atoms with van der Waals surface area (Å²) in [6, 6.07) is 0. The predicted molar refractivity (Wildman–Crippen MR) is 69.4 cm³/mol. The Hall–Kier alpha value is -1.56. The van der Waals surface area contributed by atoms with Gasteiger partial charge < -0.3 is 9.47 Å². The molecule has 0 bridgehead atoms. The molecule has 0 radical (unpaired) electrons. The molecule has 1 atom stereocenters. The van der Waals surface area contributed by atoms with Crippen LogP contribution in [0, 0.1) is 0 Å². The molecule has 1 fully saturated rings. The Morgan fingerprint density at radius 1 is 1.50 bits per heavy atom. The van der Waals surface area contributed by atoms with E-state index in [-0.39, 0.29) is 18.3 Å². The fourth-order valence-corrected chi connectivity index (χ4v) is 1.71.